The molecule has 2 aromatic rings. The molecule has 148 valence electrons. The van der Waals surface area contributed by atoms with Crippen LogP contribution in [0.1, 0.15) is 31.4 Å². The lowest BCUT2D eigenvalue weighted by atomic mass is 9.87. The van der Waals surface area contributed by atoms with Gasteiger partial charge in [0.05, 0.1) is 12.1 Å². The van der Waals surface area contributed by atoms with Crippen LogP contribution in [-0.4, -0.2) is 41.8 Å². The smallest absolute Gasteiger partial charge is 0.241 e. The van der Waals surface area contributed by atoms with Gasteiger partial charge in [-0.15, -0.1) is 0 Å². The van der Waals surface area contributed by atoms with Crippen LogP contribution < -0.4 is 14.8 Å². The largest absolute Gasteiger partial charge is 0.454 e. The van der Waals surface area contributed by atoms with Crippen molar-refractivity contribution in [1.82, 2.24) is 4.90 Å². The van der Waals surface area contributed by atoms with E-state index in [0.29, 0.717) is 17.2 Å². The average Bonchev–Trinajstić information content (AvgIpc) is 3.21. The Kier molecular flexibility index (Phi) is 5.50. The molecule has 28 heavy (non-hydrogen) atoms. The number of benzene rings is 2. The van der Waals surface area contributed by atoms with E-state index < -0.39 is 6.10 Å². The molecule has 1 amide bonds. The Morgan fingerprint density at radius 2 is 1.82 bits per heavy atom. The van der Waals surface area contributed by atoms with Crippen LogP contribution in [0, 0.1) is 5.92 Å². The number of carbonyl (C=O) groups is 1. The molecule has 0 bridgehead atoms. The third-order valence-corrected chi connectivity index (χ3v) is 5.73. The van der Waals surface area contributed by atoms with E-state index in [-0.39, 0.29) is 24.7 Å². The Morgan fingerprint density at radius 1 is 1.11 bits per heavy atom. The Hall–Kier alpha value is -2.57. The van der Waals surface area contributed by atoms with Gasteiger partial charge < -0.3 is 19.9 Å². The molecule has 2 N–H and O–H groups in total. The van der Waals surface area contributed by atoms with Crippen molar-refractivity contribution in [3.05, 3.63) is 54.1 Å². The van der Waals surface area contributed by atoms with Crippen molar-refractivity contribution in [1.29, 1.82) is 0 Å². The predicted molar refractivity (Wildman–Crippen MR) is 106 cm³/mol. The summed E-state index contributed by atoms with van der Waals surface area (Å²) < 4.78 is 10.7. The SMILES string of the molecule is CC(C(=O)Nc1ccc2c(c1)OCO2)N1CCC(C(O)c2ccccc2)CC1. The Balaban J connectivity index is 1.31. The van der Waals surface area contributed by atoms with Gasteiger partial charge in [0.15, 0.2) is 11.5 Å². The maximum Gasteiger partial charge on any atom is 0.241 e. The highest BCUT2D eigenvalue weighted by atomic mass is 16.7. The molecule has 4 rings (SSSR count). The van der Waals surface area contributed by atoms with E-state index in [1.807, 2.05) is 43.3 Å². The fourth-order valence-corrected chi connectivity index (χ4v) is 3.93. The molecule has 2 atom stereocenters. The molecule has 2 aromatic carbocycles. The van der Waals surface area contributed by atoms with Crippen molar-refractivity contribution < 1.29 is 19.4 Å². The van der Waals surface area contributed by atoms with E-state index in [2.05, 4.69) is 10.2 Å². The van der Waals surface area contributed by atoms with Gasteiger partial charge in [0, 0.05) is 11.8 Å². The number of anilines is 1. The number of nitrogens with one attached hydrogen (secondary N) is 1. The highest BCUT2D eigenvalue weighted by molar-refractivity contribution is 5.94. The molecule has 2 aliphatic heterocycles. The molecule has 0 spiro atoms. The number of nitrogens with zero attached hydrogens (tertiary/aromatic N) is 1. The highest BCUT2D eigenvalue weighted by Crippen LogP contribution is 2.34. The first-order valence-corrected chi connectivity index (χ1v) is 9.79. The number of rotatable bonds is 5. The first-order chi connectivity index (χ1) is 13.6. The predicted octanol–water partition coefficient (Wildman–Crippen LogP) is 3.19. The molecule has 1 fully saturated rings. The van der Waals surface area contributed by atoms with E-state index in [9.17, 15) is 9.90 Å². The molecule has 6 heteroatoms. The van der Waals surface area contributed by atoms with Gasteiger partial charge in [-0.3, -0.25) is 9.69 Å². The van der Waals surface area contributed by atoms with Gasteiger partial charge in [0.2, 0.25) is 12.7 Å². The number of likely N-dealkylation sites (tertiary alicyclic amines) is 1. The van der Waals surface area contributed by atoms with Crippen molar-refractivity contribution in [3.63, 3.8) is 0 Å². The number of hydrogen-bond acceptors (Lipinski definition) is 5. The van der Waals surface area contributed by atoms with Crippen molar-refractivity contribution >= 4 is 11.6 Å². The second-order valence-corrected chi connectivity index (χ2v) is 7.46. The summed E-state index contributed by atoms with van der Waals surface area (Å²) in [4.78, 5) is 14.9. The number of carbonyl (C=O) groups excluding carboxylic acids is 1. The summed E-state index contributed by atoms with van der Waals surface area (Å²) >= 11 is 0. The van der Waals surface area contributed by atoms with Gasteiger partial charge in [-0.2, -0.15) is 0 Å². The van der Waals surface area contributed by atoms with Gasteiger partial charge in [0.1, 0.15) is 0 Å². The van der Waals surface area contributed by atoms with Crippen LogP contribution >= 0.6 is 0 Å². The molecule has 1 saturated heterocycles. The number of piperidine rings is 1. The number of aliphatic hydroxyl groups is 1. The topological polar surface area (TPSA) is 71.0 Å². The highest BCUT2D eigenvalue weighted by Gasteiger charge is 2.30. The molecule has 0 radical (unpaired) electrons. The van der Waals surface area contributed by atoms with Crippen LogP contribution in [0.15, 0.2) is 48.5 Å². The number of amides is 1. The molecular weight excluding hydrogens is 356 g/mol. The number of fused-ring (bicyclic) bond motifs is 1. The Morgan fingerprint density at radius 3 is 2.57 bits per heavy atom. The minimum Gasteiger partial charge on any atom is -0.454 e. The third-order valence-electron chi connectivity index (χ3n) is 5.73. The van der Waals surface area contributed by atoms with E-state index in [0.717, 1.165) is 31.5 Å². The van der Waals surface area contributed by atoms with Crippen LogP contribution in [-0.2, 0) is 4.79 Å². The Labute approximate surface area is 165 Å². The zero-order valence-electron chi connectivity index (χ0n) is 16.0. The fourth-order valence-electron chi connectivity index (χ4n) is 3.93. The minimum atomic E-state index is -0.443. The van der Waals surface area contributed by atoms with Crippen LogP contribution in [0.5, 0.6) is 11.5 Å². The lowest BCUT2D eigenvalue weighted by Crippen LogP contribution is -2.46. The minimum absolute atomic E-state index is 0.0408. The standard InChI is InChI=1S/C22H26N2O4/c1-15(22(26)23-18-7-8-19-20(13-18)28-14-27-19)24-11-9-17(10-12-24)21(25)16-5-3-2-4-6-16/h2-8,13,15,17,21,25H,9-12,14H2,1H3,(H,23,26). The fraction of sp³-hybridized carbons (Fsp3) is 0.409. The maximum absolute atomic E-state index is 12.7. The molecule has 0 aliphatic carbocycles. The van der Waals surface area contributed by atoms with Crippen molar-refractivity contribution in [2.45, 2.75) is 31.9 Å². The first-order valence-electron chi connectivity index (χ1n) is 9.79. The molecule has 2 unspecified atom stereocenters. The van der Waals surface area contributed by atoms with E-state index >= 15 is 0 Å². The molecule has 2 aliphatic rings. The summed E-state index contributed by atoms with van der Waals surface area (Å²) in [5.74, 6) is 1.54. The summed E-state index contributed by atoms with van der Waals surface area (Å²) in [6, 6.07) is 15.0. The zero-order chi connectivity index (χ0) is 19.5. The monoisotopic (exact) mass is 382 g/mol. The lowest BCUT2D eigenvalue weighted by Gasteiger charge is -2.37. The quantitative estimate of drug-likeness (QED) is 0.831. The van der Waals surface area contributed by atoms with Gasteiger partial charge in [0.25, 0.3) is 0 Å². The van der Waals surface area contributed by atoms with Crippen molar-refractivity contribution in [2.24, 2.45) is 5.92 Å². The number of hydrogen-bond donors (Lipinski definition) is 2. The number of ether oxygens (including phenoxy) is 2. The van der Waals surface area contributed by atoms with Gasteiger partial charge in [-0.25, -0.2) is 0 Å². The lowest BCUT2D eigenvalue weighted by molar-refractivity contribution is -0.121. The maximum atomic E-state index is 12.7. The van der Waals surface area contributed by atoms with Crippen LogP contribution in [0.2, 0.25) is 0 Å². The molecule has 0 aromatic heterocycles. The van der Waals surface area contributed by atoms with Crippen molar-refractivity contribution in [3.8, 4) is 11.5 Å². The number of aliphatic hydroxyl groups excluding tert-OH is 1. The third kappa shape index (κ3) is 3.98. The Bertz CT molecular complexity index is 819. The first kappa shape index (κ1) is 18.8. The molecule has 2 heterocycles. The van der Waals surface area contributed by atoms with Gasteiger partial charge >= 0.3 is 0 Å². The van der Waals surface area contributed by atoms with E-state index in [1.165, 1.54) is 0 Å². The normalized spacial score (nSPS) is 19.2. The second-order valence-electron chi connectivity index (χ2n) is 7.46. The summed E-state index contributed by atoms with van der Waals surface area (Å²) in [6.07, 6.45) is 1.30. The van der Waals surface area contributed by atoms with Crippen LogP contribution in [0.3, 0.4) is 0 Å². The molecular formula is C22H26N2O4. The second kappa shape index (κ2) is 8.20. The summed E-state index contributed by atoms with van der Waals surface area (Å²) in [5.41, 5.74) is 1.67. The molecule has 0 saturated carbocycles. The summed E-state index contributed by atoms with van der Waals surface area (Å²) in [6.45, 7) is 3.73. The van der Waals surface area contributed by atoms with Gasteiger partial charge in [-0.05, 0) is 56.5 Å². The molecule has 6 nitrogen and oxygen atoms in total. The van der Waals surface area contributed by atoms with Crippen molar-refractivity contribution in [2.75, 3.05) is 25.2 Å². The van der Waals surface area contributed by atoms with Crippen LogP contribution in [0.25, 0.3) is 0 Å². The van der Waals surface area contributed by atoms with Gasteiger partial charge in [-0.1, -0.05) is 30.3 Å². The van der Waals surface area contributed by atoms with E-state index in [1.54, 1.807) is 12.1 Å². The summed E-state index contributed by atoms with van der Waals surface area (Å²) in [7, 11) is 0. The van der Waals surface area contributed by atoms with Crippen LogP contribution in [0.4, 0.5) is 5.69 Å². The summed E-state index contributed by atoms with van der Waals surface area (Å²) in [5, 5.41) is 13.6. The van der Waals surface area contributed by atoms with E-state index in [4.69, 9.17) is 9.47 Å². The average molecular weight is 382 g/mol. The zero-order valence-corrected chi connectivity index (χ0v) is 16.0.